The smallest absolute Gasteiger partial charge is 0.171 e. The zero-order valence-electron chi connectivity index (χ0n) is 23.8. The third kappa shape index (κ3) is 3.04. The topological polar surface area (TPSA) is 18.5 Å². The summed E-state index contributed by atoms with van der Waals surface area (Å²) in [6.07, 6.45) is 12.9. The number of fused-ring (bicyclic) bond motifs is 6. The highest BCUT2D eigenvalue weighted by atomic mass is 32.2. The van der Waals surface area contributed by atoms with Crippen molar-refractivity contribution in [2.75, 3.05) is 6.61 Å². The fraction of sp³-hybridized carbons (Fsp3) is 0.824. The van der Waals surface area contributed by atoms with E-state index in [1.165, 1.54) is 61.8 Å². The van der Waals surface area contributed by atoms with Gasteiger partial charge in [0.2, 0.25) is 0 Å². The molecule has 37 heavy (non-hydrogen) atoms. The molecule has 8 rings (SSSR count). The molecule has 202 valence electrons. The Morgan fingerprint density at radius 2 is 1.73 bits per heavy atom. The maximum absolute atomic E-state index is 7.06. The van der Waals surface area contributed by atoms with Gasteiger partial charge in [-0.05, 0) is 122 Å². The first-order chi connectivity index (χ1) is 17.7. The highest BCUT2D eigenvalue weighted by Crippen LogP contribution is 2.84. The molecule has 2 heterocycles. The number of benzene rings is 1. The van der Waals surface area contributed by atoms with Gasteiger partial charge in [0.1, 0.15) is 0 Å². The molecule has 5 aliphatic carbocycles. The first-order valence-corrected chi connectivity index (χ1v) is 16.6. The van der Waals surface area contributed by atoms with Crippen LogP contribution in [0.3, 0.4) is 0 Å². The highest BCUT2D eigenvalue weighted by molar-refractivity contribution is 8.00. The van der Waals surface area contributed by atoms with Crippen molar-refractivity contribution in [1.29, 1.82) is 0 Å². The van der Waals surface area contributed by atoms with E-state index in [9.17, 15) is 0 Å². The molecule has 0 amide bonds. The highest BCUT2D eigenvalue weighted by Gasteiger charge is 2.78. The van der Waals surface area contributed by atoms with Gasteiger partial charge in [0.05, 0.1) is 12.7 Å². The van der Waals surface area contributed by atoms with Crippen LogP contribution in [-0.2, 0) is 9.47 Å². The number of hydrogen-bond donors (Lipinski definition) is 0. The fourth-order valence-electron chi connectivity index (χ4n) is 12.2. The van der Waals surface area contributed by atoms with Crippen molar-refractivity contribution >= 4 is 11.8 Å². The molecule has 13 atom stereocenters. The molecular weight excluding hydrogens is 472 g/mol. The molecule has 0 unspecified atom stereocenters. The maximum Gasteiger partial charge on any atom is 0.171 e. The van der Waals surface area contributed by atoms with Crippen molar-refractivity contribution < 1.29 is 9.47 Å². The van der Waals surface area contributed by atoms with E-state index in [0.717, 1.165) is 41.9 Å². The second-order valence-corrected chi connectivity index (χ2v) is 16.7. The predicted octanol–water partition coefficient (Wildman–Crippen LogP) is 8.51. The van der Waals surface area contributed by atoms with Gasteiger partial charge in [-0.1, -0.05) is 45.4 Å². The van der Waals surface area contributed by atoms with E-state index in [0.29, 0.717) is 40.1 Å². The normalized spacial score (nSPS) is 57.4. The van der Waals surface area contributed by atoms with Gasteiger partial charge in [-0.25, -0.2) is 0 Å². The van der Waals surface area contributed by atoms with E-state index in [-0.39, 0.29) is 5.79 Å². The quantitative estimate of drug-likeness (QED) is 0.389. The van der Waals surface area contributed by atoms with E-state index >= 15 is 0 Å². The van der Waals surface area contributed by atoms with E-state index in [4.69, 9.17) is 9.47 Å². The Bertz CT molecular complexity index is 1080. The zero-order chi connectivity index (χ0) is 25.4. The molecule has 0 N–H and O–H groups in total. The third-order valence-electron chi connectivity index (χ3n) is 14.1. The summed E-state index contributed by atoms with van der Waals surface area (Å²) in [5.74, 6) is 5.24. The van der Waals surface area contributed by atoms with Gasteiger partial charge in [-0.3, -0.25) is 0 Å². The van der Waals surface area contributed by atoms with Crippen LogP contribution in [0.2, 0.25) is 0 Å². The SMILES string of the molecule is Cc1ccc(S[C@@H]2C[C@H]3[C@@H]4C[C@@H]5O[C@]6(CC[C@@H](C)CO6)[C@@H](C)[C@@H]5[C@@]4(C)CC[C@@H]3[C@@]3(C)CC[C@@H]4C[C@]423)cc1. The lowest BCUT2D eigenvalue weighted by Gasteiger charge is -2.61. The molecule has 7 aliphatic rings. The van der Waals surface area contributed by atoms with Gasteiger partial charge >= 0.3 is 0 Å². The number of aryl methyl sites for hydroxylation is 1. The van der Waals surface area contributed by atoms with E-state index < -0.39 is 0 Å². The Balaban J connectivity index is 1.11. The van der Waals surface area contributed by atoms with Crippen LogP contribution >= 0.6 is 11.8 Å². The van der Waals surface area contributed by atoms with Crippen molar-refractivity contribution in [1.82, 2.24) is 0 Å². The minimum Gasteiger partial charge on any atom is -0.349 e. The minimum atomic E-state index is -0.286. The molecule has 1 aromatic carbocycles. The summed E-state index contributed by atoms with van der Waals surface area (Å²) < 4.78 is 13.6. The van der Waals surface area contributed by atoms with Gasteiger partial charge < -0.3 is 9.47 Å². The Hall–Kier alpha value is -0.510. The van der Waals surface area contributed by atoms with Gasteiger partial charge in [0, 0.05) is 22.5 Å². The van der Waals surface area contributed by atoms with Gasteiger partial charge in [-0.15, -0.1) is 11.8 Å². The van der Waals surface area contributed by atoms with Crippen LogP contribution in [0.25, 0.3) is 0 Å². The first kappa shape index (κ1) is 24.3. The lowest BCUT2D eigenvalue weighted by atomic mass is 9.45. The Kier molecular flexibility index (Phi) is 5.13. The lowest BCUT2D eigenvalue weighted by molar-refractivity contribution is -0.273. The third-order valence-corrected chi connectivity index (χ3v) is 15.6. The second kappa shape index (κ2) is 7.82. The van der Waals surface area contributed by atoms with Crippen LogP contribution in [-0.4, -0.2) is 23.7 Å². The molecule has 5 saturated carbocycles. The summed E-state index contributed by atoms with van der Waals surface area (Å²) in [5, 5.41) is 0.796. The van der Waals surface area contributed by atoms with Gasteiger partial charge in [0.25, 0.3) is 0 Å². The monoisotopic (exact) mass is 520 g/mol. The number of ether oxygens (including phenoxy) is 2. The van der Waals surface area contributed by atoms with Crippen molar-refractivity contribution in [2.24, 2.45) is 57.7 Å². The standard InChI is InChI=1S/C34H48O2S/c1-20-6-8-24(9-7-20)37-29-16-25-26(32(5)14-11-23-18-33(23,29)32)12-13-31(4)27(25)17-28-30(31)22(3)34(36-28)15-10-21(2)19-35-34/h6-9,21-23,25-30H,10-19H2,1-5H3/t21-,22+,23-,25-,26+,27+,28+,29-,30+,31+,32-,33+,34-/m1/s1. The molecule has 2 nitrogen and oxygen atoms in total. The number of hydrogen-bond acceptors (Lipinski definition) is 3. The average molecular weight is 521 g/mol. The van der Waals surface area contributed by atoms with E-state index in [2.05, 4.69) is 70.6 Å². The number of rotatable bonds is 2. The molecule has 0 bridgehead atoms. The minimum absolute atomic E-state index is 0.286. The fourth-order valence-corrected chi connectivity index (χ4v) is 13.9. The van der Waals surface area contributed by atoms with Gasteiger partial charge in [0.15, 0.2) is 5.79 Å². The lowest BCUT2D eigenvalue weighted by Crippen LogP contribution is -2.56. The van der Waals surface area contributed by atoms with E-state index in [1.54, 1.807) is 0 Å². The van der Waals surface area contributed by atoms with Crippen LogP contribution in [0.15, 0.2) is 29.2 Å². The summed E-state index contributed by atoms with van der Waals surface area (Å²) in [5.41, 5.74) is 2.97. The summed E-state index contributed by atoms with van der Waals surface area (Å²) in [7, 11) is 0. The molecule has 2 spiro atoms. The first-order valence-electron chi connectivity index (χ1n) is 15.8. The molecular formula is C34H48O2S. The van der Waals surface area contributed by atoms with Crippen molar-refractivity contribution in [3.8, 4) is 0 Å². The average Bonchev–Trinajstić information content (AvgIpc) is 3.32. The van der Waals surface area contributed by atoms with Crippen molar-refractivity contribution in [3.05, 3.63) is 29.8 Å². The molecule has 3 heteroatoms. The molecule has 2 saturated heterocycles. The molecule has 1 aromatic rings. The van der Waals surface area contributed by atoms with Gasteiger partial charge in [-0.2, -0.15) is 0 Å². The predicted molar refractivity (Wildman–Crippen MR) is 150 cm³/mol. The van der Waals surface area contributed by atoms with E-state index in [1.807, 2.05) is 0 Å². The molecule has 0 radical (unpaired) electrons. The largest absolute Gasteiger partial charge is 0.349 e. The Labute approximate surface area is 229 Å². The Morgan fingerprint density at radius 3 is 2.46 bits per heavy atom. The summed E-state index contributed by atoms with van der Waals surface area (Å²) in [4.78, 5) is 1.51. The molecule has 0 aromatic heterocycles. The van der Waals surface area contributed by atoms with Crippen molar-refractivity contribution in [2.45, 2.75) is 114 Å². The summed E-state index contributed by atoms with van der Waals surface area (Å²) in [6.45, 7) is 13.4. The second-order valence-electron chi connectivity index (χ2n) is 15.4. The van der Waals surface area contributed by atoms with Crippen LogP contribution in [0.1, 0.15) is 91.0 Å². The van der Waals surface area contributed by atoms with Crippen LogP contribution < -0.4 is 0 Å². The summed E-state index contributed by atoms with van der Waals surface area (Å²) in [6, 6.07) is 9.44. The van der Waals surface area contributed by atoms with Crippen LogP contribution in [0.4, 0.5) is 0 Å². The van der Waals surface area contributed by atoms with Crippen LogP contribution in [0.5, 0.6) is 0 Å². The maximum atomic E-state index is 7.06. The summed E-state index contributed by atoms with van der Waals surface area (Å²) >= 11 is 2.27. The zero-order valence-corrected chi connectivity index (χ0v) is 24.6. The number of thioether (sulfide) groups is 1. The Morgan fingerprint density at radius 1 is 0.919 bits per heavy atom. The molecule has 2 aliphatic heterocycles. The van der Waals surface area contributed by atoms with Crippen LogP contribution in [0, 0.1) is 64.6 Å². The van der Waals surface area contributed by atoms with Crippen molar-refractivity contribution in [3.63, 3.8) is 0 Å². The molecule has 7 fully saturated rings.